The van der Waals surface area contributed by atoms with Crippen molar-refractivity contribution in [2.45, 2.75) is 13.8 Å². The number of carbonyl (C=O) groups is 1. The summed E-state index contributed by atoms with van der Waals surface area (Å²) in [6.45, 7) is 3.85. The van der Waals surface area contributed by atoms with Gasteiger partial charge < -0.3 is 5.73 Å². The second kappa shape index (κ2) is 3.18. The van der Waals surface area contributed by atoms with Crippen molar-refractivity contribution in [1.82, 2.24) is 0 Å². The number of nitrogens with zero attached hydrogens (tertiary/aromatic N) is 1. The molecule has 0 aromatic carbocycles. The van der Waals surface area contributed by atoms with Gasteiger partial charge in [0.15, 0.2) is 0 Å². The van der Waals surface area contributed by atoms with Gasteiger partial charge in [-0.2, -0.15) is 0 Å². The van der Waals surface area contributed by atoms with Gasteiger partial charge in [-0.15, -0.1) is 0 Å². The van der Waals surface area contributed by atoms with Crippen LogP contribution in [0.3, 0.4) is 0 Å². The summed E-state index contributed by atoms with van der Waals surface area (Å²) < 4.78 is 0. The summed E-state index contributed by atoms with van der Waals surface area (Å²) in [6.07, 6.45) is 1.52. The van der Waals surface area contributed by atoms with E-state index in [9.17, 15) is 4.79 Å². The van der Waals surface area contributed by atoms with Crippen molar-refractivity contribution in [3.63, 3.8) is 0 Å². The van der Waals surface area contributed by atoms with E-state index in [-0.39, 0.29) is 0 Å². The van der Waals surface area contributed by atoms with Crippen LogP contribution in [0.5, 0.6) is 0 Å². The molecular weight excluding hydrogens is 104 g/mol. The Bertz CT molecular complexity index is 107. The summed E-state index contributed by atoms with van der Waals surface area (Å²) in [5.74, 6) is 0.294. The standard InChI is InChI=1S/C5H10N2O/c1-4(2)3-7-5(6)8/h3-4H,1-2H3,(H2,6,8)/b7-3+. The highest BCUT2D eigenvalue weighted by Gasteiger charge is 1.85. The molecule has 0 aromatic rings. The lowest BCUT2D eigenvalue weighted by Gasteiger charge is -1.87. The van der Waals surface area contributed by atoms with E-state index in [0.29, 0.717) is 5.92 Å². The number of rotatable bonds is 1. The molecule has 0 saturated heterocycles. The SMILES string of the molecule is CC(C)/C=N/C(N)=O. The van der Waals surface area contributed by atoms with Gasteiger partial charge in [-0.05, 0) is 5.92 Å². The number of hydrogen-bond donors (Lipinski definition) is 1. The van der Waals surface area contributed by atoms with Crippen molar-refractivity contribution in [2.24, 2.45) is 16.6 Å². The molecule has 0 unspecified atom stereocenters. The van der Waals surface area contributed by atoms with Crippen LogP contribution in [0, 0.1) is 5.92 Å². The van der Waals surface area contributed by atoms with E-state index in [1.807, 2.05) is 13.8 Å². The Hall–Kier alpha value is -0.860. The first-order valence-corrected chi connectivity index (χ1v) is 2.46. The third kappa shape index (κ3) is 5.14. The average Bonchev–Trinajstić information content (AvgIpc) is 1.61. The second-order valence-corrected chi connectivity index (χ2v) is 1.86. The third-order valence-electron chi connectivity index (χ3n) is 0.500. The van der Waals surface area contributed by atoms with Crippen molar-refractivity contribution >= 4 is 12.2 Å². The molecule has 8 heavy (non-hydrogen) atoms. The van der Waals surface area contributed by atoms with E-state index in [0.717, 1.165) is 0 Å². The van der Waals surface area contributed by atoms with Crippen molar-refractivity contribution in [2.75, 3.05) is 0 Å². The Labute approximate surface area is 48.6 Å². The maximum absolute atomic E-state index is 9.93. The number of carbonyl (C=O) groups excluding carboxylic acids is 1. The number of primary amides is 1. The average molecular weight is 114 g/mol. The van der Waals surface area contributed by atoms with Crippen LogP contribution < -0.4 is 5.73 Å². The van der Waals surface area contributed by atoms with Gasteiger partial charge in [0.05, 0.1) is 0 Å². The van der Waals surface area contributed by atoms with Gasteiger partial charge >= 0.3 is 6.03 Å². The van der Waals surface area contributed by atoms with Crippen molar-refractivity contribution in [1.29, 1.82) is 0 Å². The Kier molecular flexibility index (Phi) is 2.84. The summed E-state index contributed by atoms with van der Waals surface area (Å²) >= 11 is 0. The topological polar surface area (TPSA) is 55.4 Å². The summed E-state index contributed by atoms with van der Waals surface area (Å²) in [5, 5.41) is 0. The number of nitrogens with two attached hydrogens (primary N) is 1. The first kappa shape index (κ1) is 7.14. The molecule has 0 aliphatic carbocycles. The number of urea groups is 1. The van der Waals surface area contributed by atoms with Crippen LogP contribution in [0.1, 0.15) is 13.8 Å². The molecule has 2 amide bonds. The summed E-state index contributed by atoms with van der Waals surface area (Å²) in [4.78, 5) is 13.3. The van der Waals surface area contributed by atoms with E-state index in [4.69, 9.17) is 5.73 Å². The fourth-order valence-corrected chi connectivity index (χ4v) is 0.223. The smallest absolute Gasteiger partial charge is 0.337 e. The Morgan fingerprint density at radius 1 is 1.75 bits per heavy atom. The van der Waals surface area contributed by atoms with Gasteiger partial charge in [-0.3, -0.25) is 0 Å². The molecule has 2 N–H and O–H groups in total. The molecule has 0 bridgehead atoms. The minimum atomic E-state index is -0.626. The monoisotopic (exact) mass is 114 g/mol. The van der Waals surface area contributed by atoms with Crippen LogP contribution in [0.4, 0.5) is 4.79 Å². The number of aliphatic imine (C=N–C) groups is 1. The highest BCUT2D eigenvalue weighted by Crippen LogP contribution is 1.83. The van der Waals surface area contributed by atoms with E-state index >= 15 is 0 Å². The second-order valence-electron chi connectivity index (χ2n) is 1.86. The highest BCUT2D eigenvalue weighted by atomic mass is 16.2. The molecule has 0 spiro atoms. The van der Waals surface area contributed by atoms with Gasteiger partial charge in [0, 0.05) is 6.21 Å². The van der Waals surface area contributed by atoms with Crippen LogP contribution >= 0.6 is 0 Å². The Morgan fingerprint density at radius 3 is 2.38 bits per heavy atom. The molecule has 0 aliphatic heterocycles. The lowest BCUT2D eigenvalue weighted by atomic mass is 10.3. The molecule has 3 nitrogen and oxygen atoms in total. The lowest BCUT2D eigenvalue weighted by Crippen LogP contribution is -2.05. The van der Waals surface area contributed by atoms with Gasteiger partial charge in [-0.25, -0.2) is 9.79 Å². The zero-order chi connectivity index (χ0) is 6.57. The first-order valence-electron chi connectivity index (χ1n) is 2.46. The van der Waals surface area contributed by atoms with Gasteiger partial charge in [0.25, 0.3) is 0 Å². The molecule has 0 rings (SSSR count). The maximum atomic E-state index is 9.93. The lowest BCUT2D eigenvalue weighted by molar-refractivity contribution is 0.256. The van der Waals surface area contributed by atoms with E-state index < -0.39 is 6.03 Å². The van der Waals surface area contributed by atoms with E-state index in [1.165, 1.54) is 6.21 Å². The van der Waals surface area contributed by atoms with Crippen molar-refractivity contribution in [3.8, 4) is 0 Å². The van der Waals surface area contributed by atoms with Crippen LogP contribution in [-0.2, 0) is 0 Å². The zero-order valence-electron chi connectivity index (χ0n) is 5.09. The fraction of sp³-hybridized carbons (Fsp3) is 0.600. The number of hydrogen-bond acceptors (Lipinski definition) is 1. The highest BCUT2D eigenvalue weighted by molar-refractivity contribution is 5.82. The molecule has 0 radical (unpaired) electrons. The van der Waals surface area contributed by atoms with E-state index in [2.05, 4.69) is 4.99 Å². The molecule has 0 atom stereocenters. The predicted molar refractivity (Wildman–Crippen MR) is 32.9 cm³/mol. The van der Waals surface area contributed by atoms with Crippen LogP contribution in [0.2, 0.25) is 0 Å². The fourth-order valence-electron chi connectivity index (χ4n) is 0.223. The van der Waals surface area contributed by atoms with Crippen LogP contribution in [-0.4, -0.2) is 12.2 Å². The Balaban J connectivity index is 3.50. The molecule has 0 heterocycles. The van der Waals surface area contributed by atoms with Crippen molar-refractivity contribution in [3.05, 3.63) is 0 Å². The normalized spacial score (nSPS) is 10.9. The largest absolute Gasteiger partial charge is 0.350 e. The molecule has 0 aliphatic rings. The zero-order valence-corrected chi connectivity index (χ0v) is 5.09. The maximum Gasteiger partial charge on any atom is 0.337 e. The molecule has 0 aromatic heterocycles. The van der Waals surface area contributed by atoms with Gasteiger partial charge in [0.1, 0.15) is 0 Å². The number of amides is 2. The van der Waals surface area contributed by atoms with E-state index in [1.54, 1.807) is 0 Å². The third-order valence-corrected chi connectivity index (χ3v) is 0.500. The molecule has 0 fully saturated rings. The summed E-state index contributed by atoms with van der Waals surface area (Å²) in [7, 11) is 0. The van der Waals surface area contributed by atoms with Crippen molar-refractivity contribution < 1.29 is 4.79 Å². The van der Waals surface area contributed by atoms with Crippen LogP contribution in [0.25, 0.3) is 0 Å². The first-order chi connectivity index (χ1) is 3.63. The minimum absolute atomic E-state index is 0.294. The van der Waals surface area contributed by atoms with Crippen LogP contribution in [0.15, 0.2) is 4.99 Å². The molecular formula is C5H10N2O. The minimum Gasteiger partial charge on any atom is -0.350 e. The molecule has 46 valence electrons. The quantitative estimate of drug-likeness (QED) is 0.503. The van der Waals surface area contributed by atoms with Gasteiger partial charge in [0.2, 0.25) is 0 Å². The summed E-state index contributed by atoms with van der Waals surface area (Å²) in [6, 6.07) is -0.626. The molecule has 3 heteroatoms. The summed E-state index contributed by atoms with van der Waals surface area (Å²) in [5.41, 5.74) is 4.70. The Morgan fingerprint density at radius 2 is 2.25 bits per heavy atom. The molecule has 0 saturated carbocycles. The predicted octanol–water partition coefficient (Wildman–Crippen LogP) is 0.792. The van der Waals surface area contributed by atoms with Gasteiger partial charge in [-0.1, -0.05) is 13.8 Å².